The van der Waals surface area contributed by atoms with Gasteiger partial charge in [-0.15, -0.1) is 0 Å². The van der Waals surface area contributed by atoms with Crippen molar-refractivity contribution in [2.24, 2.45) is 0 Å². The Labute approximate surface area is 112 Å². The van der Waals surface area contributed by atoms with Crippen molar-refractivity contribution in [2.45, 2.75) is 24.8 Å². The SMILES string of the molecule is CNc1cc(S(=O)(=O)NCC(=O)NC(C)C)ccn1. The van der Waals surface area contributed by atoms with Gasteiger partial charge in [0.1, 0.15) is 5.82 Å². The molecule has 0 spiro atoms. The van der Waals surface area contributed by atoms with Crippen molar-refractivity contribution in [1.29, 1.82) is 0 Å². The second-order valence-electron chi connectivity index (χ2n) is 4.17. The van der Waals surface area contributed by atoms with Crippen molar-refractivity contribution in [3.8, 4) is 0 Å². The Hall–Kier alpha value is -1.67. The van der Waals surface area contributed by atoms with Crippen LogP contribution in [0.15, 0.2) is 23.2 Å². The lowest BCUT2D eigenvalue weighted by molar-refractivity contribution is -0.120. The molecule has 0 saturated heterocycles. The molecule has 1 amide bonds. The van der Waals surface area contributed by atoms with E-state index in [2.05, 4.69) is 20.3 Å². The average Bonchev–Trinajstić information content (AvgIpc) is 2.36. The molecule has 0 unspecified atom stereocenters. The Morgan fingerprint density at radius 2 is 2.11 bits per heavy atom. The number of rotatable bonds is 6. The normalized spacial score (nSPS) is 11.4. The molecule has 1 heterocycles. The minimum atomic E-state index is -3.71. The summed E-state index contributed by atoms with van der Waals surface area (Å²) in [6.45, 7) is 3.31. The van der Waals surface area contributed by atoms with E-state index in [0.29, 0.717) is 5.82 Å². The average molecular weight is 286 g/mol. The first kappa shape index (κ1) is 15.4. The van der Waals surface area contributed by atoms with Gasteiger partial charge in [0.05, 0.1) is 11.4 Å². The molecule has 3 N–H and O–H groups in total. The summed E-state index contributed by atoms with van der Waals surface area (Å²) in [6, 6.07) is 2.72. The highest BCUT2D eigenvalue weighted by Gasteiger charge is 2.16. The summed E-state index contributed by atoms with van der Waals surface area (Å²) in [4.78, 5) is 15.4. The number of aromatic nitrogens is 1. The zero-order valence-electron chi connectivity index (χ0n) is 11.1. The molecule has 1 rings (SSSR count). The van der Waals surface area contributed by atoms with Crippen molar-refractivity contribution in [3.05, 3.63) is 18.3 Å². The topological polar surface area (TPSA) is 100 Å². The van der Waals surface area contributed by atoms with Crippen LogP contribution in [0.2, 0.25) is 0 Å². The predicted octanol–water partition coefficient (Wildman–Crippen LogP) is -0.0738. The standard InChI is InChI=1S/C11H18N4O3S/c1-8(2)15-11(16)7-14-19(17,18)9-4-5-13-10(6-9)12-3/h4-6,8,14H,7H2,1-3H3,(H,12,13)(H,15,16). The van der Waals surface area contributed by atoms with Crippen molar-refractivity contribution in [3.63, 3.8) is 0 Å². The molecule has 0 radical (unpaired) electrons. The van der Waals surface area contributed by atoms with Gasteiger partial charge < -0.3 is 10.6 Å². The lowest BCUT2D eigenvalue weighted by Gasteiger charge is -2.10. The maximum Gasteiger partial charge on any atom is 0.241 e. The summed E-state index contributed by atoms with van der Waals surface area (Å²) in [5, 5.41) is 5.35. The lowest BCUT2D eigenvalue weighted by Crippen LogP contribution is -2.39. The Morgan fingerprint density at radius 3 is 2.68 bits per heavy atom. The fraction of sp³-hybridized carbons (Fsp3) is 0.455. The van der Waals surface area contributed by atoms with Crippen molar-refractivity contribution >= 4 is 21.7 Å². The number of amides is 1. The first-order valence-corrected chi connectivity index (χ1v) is 7.26. The fourth-order valence-corrected chi connectivity index (χ4v) is 2.33. The highest BCUT2D eigenvalue weighted by atomic mass is 32.2. The summed E-state index contributed by atoms with van der Waals surface area (Å²) >= 11 is 0. The Bertz CT molecular complexity index is 543. The third-order valence-corrected chi connectivity index (χ3v) is 3.57. The minimum absolute atomic E-state index is 0.0335. The molecule has 0 bridgehead atoms. The predicted molar refractivity (Wildman–Crippen MR) is 72.3 cm³/mol. The number of carbonyl (C=O) groups is 1. The second-order valence-corrected chi connectivity index (χ2v) is 5.94. The number of sulfonamides is 1. The van der Waals surface area contributed by atoms with E-state index in [9.17, 15) is 13.2 Å². The lowest BCUT2D eigenvalue weighted by atomic mass is 10.4. The summed E-state index contributed by atoms with van der Waals surface area (Å²) < 4.78 is 26.1. The molecule has 106 valence electrons. The van der Waals surface area contributed by atoms with Gasteiger partial charge in [0.25, 0.3) is 0 Å². The van der Waals surface area contributed by atoms with Crippen LogP contribution in [0.3, 0.4) is 0 Å². The molecule has 7 nitrogen and oxygen atoms in total. The number of anilines is 1. The van der Waals surface area contributed by atoms with Gasteiger partial charge in [0.2, 0.25) is 15.9 Å². The van der Waals surface area contributed by atoms with Crippen LogP contribution in [0.1, 0.15) is 13.8 Å². The number of nitrogens with zero attached hydrogens (tertiary/aromatic N) is 1. The van der Waals surface area contributed by atoms with E-state index in [0.717, 1.165) is 0 Å². The van der Waals surface area contributed by atoms with Gasteiger partial charge in [-0.25, -0.2) is 18.1 Å². The van der Waals surface area contributed by atoms with Gasteiger partial charge in [-0.3, -0.25) is 4.79 Å². The molecule has 0 aliphatic rings. The molecule has 1 aromatic rings. The third-order valence-electron chi connectivity index (χ3n) is 2.17. The number of carbonyl (C=O) groups excluding carboxylic acids is 1. The zero-order chi connectivity index (χ0) is 14.5. The van der Waals surface area contributed by atoms with Crippen LogP contribution in [0.25, 0.3) is 0 Å². The number of pyridine rings is 1. The third kappa shape index (κ3) is 4.84. The smallest absolute Gasteiger partial charge is 0.241 e. The van der Waals surface area contributed by atoms with E-state index in [1.165, 1.54) is 18.3 Å². The Kier molecular flexibility index (Phi) is 5.25. The van der Waals surface area contributed by atoms with Crippen molar-refractivity contribution in [2.75, 3.05) is 18.9 Å². The molecular formula is C11H18N4O3S. The van der Waals surface area contributed by atoms with Gasteiger partial charge in [0, 0.05) is 25.4 Å². The van der Waals surface area contributed by atoms with Crippen LogP contribution in [-0.4, -0.2) is 38.9 Å². The molecule has 1 aromatic heterocycles. The maximum absolute atomic E-state index is 11.9. The molecule has 0 aliphatic heterocycles. The van der Waals surface area contributed by atoms with Crippen LogP contribution >= 0.6 is 0 Å². The Balaban J connectivity index is 2.73. The van der Waals surface area contributed by atoms with Crippen LogP contribution < -0.4 is 15.4 Å². The van der Waals surface area contributed by atoms with Crippen LogP contribution in [0.5, 0.6) is 0 Å². The summed E-state index contributed by atoms with van der Waals surface area (Å²) in [7, 11) is -2.07. The second kappa shape index (κ2) is 6.48. The molecule has 8 heteroatoms. The Morgan fingerprint density at radius 1 is 1.42 bits per heavy atom. The molecule has 0 saturated carbocycles. The van der Waals surface area contributed by atoms with E-state index in [1.807, 2.05) is 0 Å². The van der Waals surface area contributed by atoms with E-state index in [1.54, 1.807) is 20.9 Å². The van der Waals surface area contributed by atoms with E-state index < -0.39 is 10.0 Å². The first-order valence-electron chi connectivity index (χ1n) is 5.78. The van der Waals surface area contributed by atoms with Gasteiger partial charge in [-0.05, 0) is 19.9 Å². The number of hydrogen-bond acceptors (Lipinski definition) is 5. The molecule has 0 atom stereocenters. The molecular weight excluding hydrogens is 268 g/mol. The van der Waals surface area contributed by atoms with E-state index in [-0.39, 0.29) is 23.4 Å². The summed E-state index contributed by atoms with van der Waals surface area (Å²) in [6.07, 6.45) is 1.38. The minimum Gasteiger partial charge on any atom is -0.373 e. The van der Waals surface area contributed by atoms with Crippen LogP contribution in [-0.2, 0) is 14.8 Å². The number of nitrogens with one attached hydrogen (secondary N) is 3. The highest BCUT2D eigenvalue weighted by molar-refractivity contribution is 7.89. The summed E-state index contributed by atoms with van der Waals surface area (Å²) in [5.74, 6) is 0.0657. The van der Waals surface area contributed by atoms with Crippen LogP contribution in [0, 0.1) is 0 Å². The monoisotopic (exact) mass is 286 g/mol. The first-order chi connectivity index (χ1) is 8.85. The van der Waals surface area contributed by atoms with Crippen molar-refractivity contribution in [1.82, 2.24) is 15.0 Å². The van der Waals surface area contributed by atoms with Crippen LogP contribution in [0.4, 0.5) is 5.82 Å². The highest BCUT2D eigenvalue weighted by Crippen LogP contribution is 2.11. The van der Waals surface area contributed by atoms with Gasteiger partial charge in [0.15, 0.2) is 0 Å². The summed E-state index contributed by atoms with van der Waals surface area (Å²) in [5.41, 5.74) is 0. The van der Waals surface area contributed by atoms with Gasteiger partial charge in [-0.2, -0.15) is 0 Å². The van der Waals surface area contributed by atoms with E-state index in [4.69, 9.17) is 0 Å². The van der Waals surface area contributed by atoms with Gasteiger partial charge in [-0.1, -0.05) is 0 Å². The molecule has 19 heavy (non-hydrogen) atoms. The maximum atomic E-state index is 11.9. The number of hydrogen-bond donors (Lipinski definition) is 3. The molecule has 0 aromatic carbocycles. The van der Waals surface area contributed by atoms with E-state index >= 15 is 0 Å². The molecule has 0 aliphatic carbocycles. The van der Waals surface area contributed by atoms with Gasteiger partial charge >= 0.3 is 0 Å². The zero-order valence-corrected chi connectivity index (χ0v) is 11.9. The van der Waals surface area contributed by atoms with Crippen molar-refractivity contribution < 1.29 is 13.2 Å². The molecule has 0 fully saturated rings. The quantitative estimate of drug-likeness (QED) is 0.679. The largest absolute Gasteiger partial charge is 0.373 e. The fourth-order valence-electron chi connectivity index (χ4n) is 1.33.